The number of alkyl carbamates (subject to hydrolysis) is 1. The molecule has 3 atom stereocenters. The summed E-state index contributed by atoms with van der Waals surface area (Å²) in [5, 5.41) is 9.28. The third-order valence-electron chi connectivity index (χ3n) is 8.11. The number of anilines is 1. The zero-order chi connectivity index (χ0) is 31.8. The van der Waals surface area contributed by atoms with Crippen LogP contribution < -0.4 is 15.5 Å². The molecule has 45 heavy (non-hydrogen) atoms. The highest BCUT2D eigenvalue weighted by Crippen LogP contribution is 2.27. The summed E-state index contributed by atoms with van der Waals surface area (Å²) >= 11 is 0. The maximum absolute atomic E-state index is 12.8. The van der Waals surface area contributed by atoms with E-state index in [-0.39, 0.29) is 25.0 Å². The van der Waals surface area contributed by atoms with Gasteiger partial charge in [0, 0.05) is 30.9 Å². The molecule has 4 aromatic rings. The number of ether oxygens (including phenoxy) is 2. The van der Waals surface area contributed by atoms with Crippen molar-refractivity contribution in [3.8, 4) is 0 Å². The lowest BCUT2D eigenvalue weighted by Gasteiger charge is -2.24. The second-order valence-electron chi connectivity index (χ2n) is 12.9. The molecule has 5 rings (SSSR count). The Morgan fingerprint density at radius 3 is 2.36 bits per heavy atom. The molecule has 4 aromatic carbocycles. The third kappa shape index (κ3) is 9.32. The van der Waals surface area contributed by atoms with E-state index >= 15 is 0 Å². The van der Waals surface area contributed by atoms with Gasteiger partial charge in [-0.1, -0.05) is 84.9 Å². The Kier molecular flexibility index (Phi) is 10.4. The number of nitrogens with zero attached hydrogens (tertiary/aromatic N) is 1. The van der Waals surface area contributed by atoms with E-state index in [9.17, 15) is 9.59 Å². The fourth-order valence-corrected chi connectivity index (χ4v) is 5.96. The van der Waals surface area contributed by atoms with E-state index < -0.39 is 17.7 Å². The highest BCUT2D eigenvalue weighted by molar-refractivity contribution is 5.86. The molecule has 236 valence electrons. The molecule has 1 saturated heterocycles. The van der Waals surface area contributed by atoms with Crippen LogP contribution in [0.15, 0.2) is 97.1 Å². The fourth-order valence-electron chi connectivity index (χ4n) is 5.96. The van der Waals surface area contributed by atoms with Gasteiger partial charge in [0.25, 0.3) is 0 Å². The average Bonchev–Trinajstić information content (AvgIpc) is 3.48. The predicted octanol–water partition coefficient (Wildman–Crippen LogP) is 6.99. The molecular weight excluding hydrogens is 562 g/mol. The van der Waals surface area contributed by atoms with Crippen molar-refractivity contribution in [1.29, 1.82) is 0 Å². The molecule has 0 spiro atoms. The van der Waals surface area contributed by atoms with Gasteiger partial charge in [0.2, 0.25) is 0 Å². The van der Waals surface area contributed by atoms with Gasteiger partial charge in [-0.2, -0.15) is 0 Å². The van der Waals surface area contributed by atoms with Gasteiger partial charge in [-0.15, -0.1) is 0 Å². The Hall–Kier alpha value is -4.36. The van der Waals surface area contributed by atoms with Gasteiger partial charge in [-0.25, -0.2) is 4.79 Å². The molecule has 0 radical (unpaired) electrons. The maximum atomic E-state index is 12.8. The molecule has 1 heterocycles. The lowest BCUT2D eigenvalue weighted by Crippen LogP contribution is -2.43. The summed E-state index contributed by atoms with van der Waals surface area (Å²) in [7, 11) is 0. The van der Waals surface area contributed by atoms with Crippen molar-refractivity contribution >= 4 is 28.5 Å². The smallest absolute Gasteiger partial charge is 0.408 e. The molecule has 0 aliphatic carbocycles. The van der Waals surface area contributed by atoms with Crippen LogP contribution in [0.2, 0.25) is 0 Å². The third-order valence-corrected chi connectivity index (χ3v) is 8.11. The van der Waals surface area contributed by atoms with Gasteiger partial charge in [-0.05, 0) is 80.1 Å². The lowest BCUT2D eigenvalue weighted by atomic mass is 9.99. The molecule has 7 heteroatoms. The van der Waals surface area contributed by atoms with Crippen molar-refractivity contribution in [2.24, 2.45) is 0 Å². The van der Waals surface area contributed by atoms with E-state index in [4.69, 9.17) is 9.47 Å². The van der Waals surface area contributed by atoms with Crippen molar-refractivity contribution in [2.75, 3.05) is 24.6 Å². The number of carbonyl (C=O) groups excluding carboxylic acids is 2. The average molecular weight is 608 g/mol. The summed E-state index contributed by atoms with van der Waals surface area (Å²) in [6.45, 7) is 9.67. The van der Waals surface area contributed by atoms with Gasteiger partial charge >= 0.3 is 12.1 Å². The van der Waals surface area contributed by atoms with E-state index in [0.717, 1.165) is 36.3 Å². The van der Waals surface area contributed by atoms with Gasteiger partial charge in [0.1, 0.15) is 12.2 Å². The van der Waals surface area contributed by atoms with Gasteiger partial charge < -0.3 is 25.0 Å². The fraction of sp³-hybridized carbons (Fsp3) is 0.368. The Morgan fingerprint density at radius 2 is 1.60 bits per heavy atom. The van der Waals surface area contributed by atoms with Gasteiger partial charge in [0.15, 0.2) is 0 Å². The largest absolute Gasteiger partial charge is 0.463 e. The van der Waals surface area contributed by atoms with Crippen molar-refractivity contribution in [3.05, 3.63) is 114 Å². The van der Waals surface area contributed by atoms with Gasteiger partial charge in [-0.3, -0.25) is 4.79 Å². The minimum absolute atomic E-state index is 0.0599. The number of esters is 1. The van der Waals surface area contributed by atoms with Crippen LogP contribution in [0, 0.1) is 0 Å². The zero-order valence-corrected chi connectivity index (χ0v) is 26.8. The SMILES string of the molecule is C[C@@H](N[C@H]1CCN(c2ccc(CC(=O)OC[C@H](Cc3ccccc3)NC(=O)OC(C)(C)C)cc2)C1)c1cccc2ccccc12. The topological polar surface area (TPSA) is 79.9 Å². The minimum Gasteiger partial charge on any atom is -0.463 e. The molecule has 0 aromatic heterocycles. The van der Waals surface area contributed by atoms with E-state index in [1.54, 1.807) is 0 Å². The standard InChI is InChI=1S/C38H45N3O4/c1-27(34-16-10-14-30-13-8-9-15-35(30)34)39-31-21-22-41(25-31)33-19-17-29(18-20-33)24-36(42)44-26-32(23-28-11-6-5-7-12-28)40-37(43)45-38(2,3)4/h5-20,27,31-32,39H,21-26H2,1-4H3,(H,40,43)/t27-,31+,32+/m1/s1. The maximum Gasteiger partial charge on any atom is 0.408 e. The van der Waals surface area contributed by atoms with Crippen LogP contribution in [0.4, 0.5) is 10.5 Å². The molecule has 2 N–H and O–H groups in total. The van der Waals surface area contributed by atoms with Crippen LogP contribution in [0.1, 0.15) is 56.8 Å². The van der Waals surface area contributed by atoms with Gasteiger partial charge in [0.05, 0.1) is 12.5 Å². The van der Waals surface area contributed by atoms with E-state index in [1.165, 1.54) is 16.3 Å². The molecule has 1 aliphatic heterocycles. The van der Waals surface area contributed by atoms with Crippen LogP contribution in [0.3, 0.4) is 0 Å². The number of hydrogen-bond acceptors (Lipinski definition) is 6. The zero-order valence-electron chi connectivity index (χ0n) is 26.8. The Bertz CT molecular complexity index is 1560. The second-order valence-corrected chi connectivity index (χ2v) is 12.9. The number of benzene rings is 4. The van der Waals surface area contributed by atoms with Crippen LogP contribution in [-0.4, -0.2) is 49.4 Å². The summed E-state index contributed by atoms with van der Waals surface area (Å²) in [6.07, 6.45) is 1.23. The Morgan fingerprint density at radius 1 is 0.889 bits per heavy atom. The molecular formula is C38H45N3O4. The first-order valence-electron chi connectivity index (χ1n) is 15.9. The Labute approximate surface area is 266 Å². The number of rotatable bonds is 11. The molecule has 1 amide bonds. The van der Waals surface area contributed by atoms with Crippen LogP contribution >= 0.6 is 0 Å². The van der Waals surface area contributed by atoms with E-state index in [1.807, 2.05) is 63.2 Å². The van der Waals surface area contributed by atoms with Crippen molar-refractivity contribution in [1.82, 2.24) is 10.6 Å². The highest BCUT2D eigenvalue weighted by atomic mass is 16.6. The molecule has 1 aliphatic rings. The molecule has 1 fully saturated rings. The first-order chi connectivity index (χ1) is 21.6. The van der Waals surface area contributed by atoms with Crippen molar-refractivity contribution in [2.45, 2.75) is 70.7 Å². The van der Waals surface area contributed by atoms with Crippen LogP contribution in [0.25, 0.3) is 10.8 Å². The lowest BCUT2D eigenvalue weighted by molar-refractivity contribution is -0.143. The number of carbonyl (C=O) groups is 2. The monoisotopic (exact) mass is 607 g/mol. The van der Waals surface area contributed by atoms with Crippen LogP contribution in [0.5, 0.6) is 0 Å². The second kappa shape index (κ2) is 14.6. The summed E-state index contributed by atoms with van der Waals surface area (Å²) in [5.41, 5.74) is 3.79. The first-order valence-corrected chi connectivity index (χ1v) is 15.9. The molecule has 0 bridgehead atoms. The number of amides is 1. The van der Waals surface area contributed by atoms with Crippen LogP contribution in [-0.2, 0) is 27.1 Å². The Balaban J connectivity index is 1.11. The van der Waals surface area contributed by atoms with Crippen molar-refractivity contribution in [3.63, 3.8) is 0 Å². The summed E-state index contributed by atoms with van der Waals surface area (Å²) in [4.78, 5) is 27.6. The quantitative estimate of drug-likeness (QED) is 0.179. The summed E-state index contributed by atoms with van der Waals surface area (Å²) < 4.78 is 11.1. The van der Waals surface area contributed by atoms with E-state index in [0.29, 0.717) is 12.5 Å². The first kappa shape index (κ1) is 32.0. The summed E-state index contributed by atoms with van der Waals surface area (Å²) in [5.74, 6) is -0.334. The number of hydrogen-bond donors (Lipinski definition) is 2. The summed E-state index contributed by atoms with van der Waals surface area (Å²) in [6, 6.07) is 33.3. The molecule has 7 nitrogen and oxygen atoms in total. The van der Waals surface area contributed by atoms with E-state index in [2.05, 4.69) is 77.1 Å². The number of fused-ring (bicyclic) bond motifs is 1. The molecule has 0 unspecified atom stereocenters. The number of nitrogens with one attached hydrogen (secondary N) is 2. The predicted molar refractivity (Wildman–Crippen MR) is 181 cm³/mol. The minimum atomic E-state index is -0.618. The normalized spacial score (nSPS) is 16.3. The molecule has 0 saturated carbocycles. The highest BCUT2D eigenvalue weighted by Gasteiger charge is 2.25. The van der Waals surface area contributed by atoms with Crippen molar-refractivity contribution < 1.29 is 19.1 Å².